The van der Waals surface area contributed by atoms with Crippen molar-refractivity contribution < 1.29 is 13.9 Å². The van der Waals surface area contributed by atoms with E-state index >= 15 is 0 Å². The van der Waals surface area contributed by atoms with E-state index in [1.165, 1.54) is 11.6 Å². The summed E-state index contributed by atoms with van der Waals surface area (Å²) in [5, 5.41) is 10.4. The van der Waals surface area contributed by atoms with Crippen molar-refractivity contribution in [2.45, 2.75) is 37.8 Å². The number of aliphatic hydroxyl groups is 1. The molecule has 0 amide bonds. The van der Waals surface area contributed by atoms with Gasteiger partial charge in [-0.2, -0.15) is 0 Å². The number of rotatable bonds is 6. The average Bonchev–Trinajstić information content (AvgIpc) is 3.03. The number of likely N-dealkylation sites (tertiary alicyclic amines) is 1. The molecule has 0 aromatic heterocycles. The second-order valence-corrected chi connectivity index (χ2v) is 6.50. The van der Waals surface area contributed by atoms with Crippen LogP contribution in [0.1, 0.15) is 36.5 Å². The van der Waals surface area contributed by atoms with Gasteiger partial charge in [0.15, 0.2) is 11.6 Å². The maximum Gasteiger partial charge on any atom is 0.159 e. The minimum absolute atomic E-state index is 0.433. The Labute approximate surface area is 141 Å². The molecule has 0 aliphatic carbocycles. The lowest BCUT2D eigenvalue weighted by Crippen LogP contribution is -2.33. The maximum atomic E-state index is 13.3. The molecule has 4 heteroatoms. The lowest BCUT2D eigenvalue weighted by atomic mass is 10.0. The van der Waals surface area contributed by atoms with Crippen LogP contribution in [0.3, 0.4) is 0 Å². The summed E-state index contributed by atoms with van der Waals surface area (Å²) < 4.78 is 26.4. The highest BCUT2D eigenvalue weighted by Gasteiger charge is 2.26. The molecule has 2 nitrogen and oxygen atoms in total. The molecule has 0 radical (unpaired) electrons. The maximum absolute atomic E-state index is 13.3. The molecule has 2 unspecified atom stereocenters. The summed E-state index contributed by atoms with van der Waals surface area (Å²) in [5.74, 6) is -1.79. The molecule has 1 aliphatic rings. The van der Waals surface area contributed by atoms with Gasteiger partial charge in [0.25, 0.3) is 0 Å². The van der Waals surface area contributed by atoms with Crippen molar-refractivity contribution in [1.29, 1.82) is 0 Å². The molecule has 1 fully saturated rings. The van der Waals surface area contributed by atoms with Crippen LogP contribution in [0.2, 0.25) is 0 Å². The standard InChI is InChI=1S/C20H23F2NO/c21-18-11-9-16(13-19(18)22)20(24)14-23-12-4-7-17(23)10-8-15-5-2-1-3-6-15/h1-3,5-6,9,11,13,17,20,24H,4,7-8,10,12,14H2. The average molecular weight is 331 g/mol. The van der Waals surface area contributed by atoms with Gasteiger partial charge in [-0.1, -0.05) is 36.4 Å². The minimum Gasteiger partial charge on any atom is -0.387 e. The Morgan fingerprint density at radius 3 is 2.62 bits per heavy atom. The smallest absolute Gasteiger partial charge is 0.159 e. The van der Waals surface area contributed by atoms with E-state index in [0.29, 0.717) is 18.2 Å². The van der Waals surface area contributed by atoms with Crippen molar-refractivity contribution in [1.82, 2.24) is 4.90 Å². The zero-order valence-electron chi connectivity index (χ0n) is 13.7. The monoisotopic (exact) mass is 331 g/mol. The molecule has 2 aromatic carbocycles. The molecule has 128 valence electrons. The van der Waals surface area contributed by atoms with Crippen LogP contribution in [0.15, 0.2) is 48.5 Å². The Morgan fingerprint density at radius 2 is 1.88 bits per heavy atom. The molecular formula is C20H23F2NO. The van der Waals surface area contributed by atoms with E-state index < -0.39 is 17.7 Å². The molecule has 3 rings (SSSR count). The first kappa shape index (κ1) is 17.1. The molecule has 0 spiro atoms. The molecule has 0 saturated carbocycles. The van der Waals surface area contributed by atoms with E-state index in [-0.39, 0.29) is 0 Å². The van der Waals surface area contributed by atoms with Crippen molar-refractivity contribution in [3.05, 3.63) is 71.3 Å². The number of aliphatic hydroxyl groups excluding tert-OH is 1. The Morgan fingerprint density at radius 1 is 1.08 bits per heavy atom. The van der Waals surface area contributed by atoms with E-state index in [1.807, 2.05) is 6.07 Å². The molecule has 1 saturated heterocycles. The van der Waals surface area contributed by atoms with E-state index in [9.17, 15) is 13.9 Å². The topological polar surface area (TPSA) is 23.5 Å². The lowest BCUT2D eigenvalue weighted by molar-refractivity contribution is 0.103. The van der Waals surface area contributed by atoms with Gasteiger partial charge in [0.1, 0.15) is 0 Å². The third-order valence-corrected chi connectivity index (χ3v) is 4.84. The Kier molecular flexibility index (Phi) is 5.59. The fourth-order valence-electron chi connectivity index (χ4n) is 3.49. The van der Waals surface area contributed by atoms with E-state index in [1.54, 1.807) is 0 Å². The van der Waals surface area contributed by atoms with Gasteiger partial charge in [-0.15, -0.1) is 0 Å². The third kappa shape index (κ3) is 4.19. The number of hydrogen-bond donors (Lipinski definition) is 1. The molecule has 2 atom stereocenters. The molecule has 2 aromatic rings. The molecule has 1 N–H and O–H groups in total. The second-order valence-electron chi connectivity index (χ2n) is 6.50. The van der Waals surface area contributed by atoms with Crippen LogP contribution in [-0.4, -0.2) is 29.1 Å². The Hall–Kier alpha value is -1.78. The van der Waals surface area contributed by atoms with Crippen molar-refractivity contribution in [3.8, 4) is 0 Å². The van der Waals surface area contributed by atoms with Crippen molar-refractivity contribution in [2.24, 2.45) is 0 Å². The van der Waals surface area contributed by atoms with Gasteiger partial charge >= 0.3 is 0 Å². The summed E-state index contributed by atoms with van der Waals surface area (Å²) in [6.07, 6.45) is 3.51. The van der Waals surface area contributed by atoms with Crippen LogP contribution in [0.5, 0.6) is 0 Å². The minimum atomic E-state index is -0.909. The molecule has 0 bridgehead atoms. The highest BCUT2D eigenvalue weighted by atomic mass is 19.2. The molecule has 1 aliphatic heterocycles. The van der Waals surface area contributed by atoms with Gasteiger partial charge in [-0.3, -0.25) is 4.90 Å². The molecular weight excluding hydrogens is 308 g/mol. The van der Waals surface area contributed by atoms with Crippen LogP contribution in [-0.2, 0) is 6.42 Å². The van der Waals surface area contributed by atoms with Gasteiger partial charge in [0.2, 0.25) is 0 Å². The number of nitrogens with zero attached hydrogens (tertiary/aromatic N) is 1. The van der Waals surface area contributed by atoms with Gasteiger partial charge in [0, 0.05) is 12.6 Å². The first-order chi connectivity index (χ1) is 11.6. The van der Waals surface area contributed by atoms with Gasteiger partial charge in [-0.05, 0) is 55.5 Å². The SMILES string of the molecule is OC(CN1CCCC1CCc1ccccc1)c1ccc(F)c(F)c1. The Balaban J connectivity index is 1.57. The van der Waals surface area contributed by atoms with Gasteiger partial charge < -0.3 is 5.11 Å². The van der Waals surface area contributed by atoms with Crippen LogP contribution in [0, 0.1) is 11.6 Å². The third-order valence-electron chi connectivity index (χ3n) is 4.84. The van der Waals surface area contributed by atoms with Crippen LogP contribution >= 0.6 is 0 Å². The quantitative estimate of drug-likeness (QED) is 0.861. The zero-order valence-corrected chi connectivity index (χ0v) is 13.7. The first-order valence-electron chi connectivity index (χ1n) is 8.54. The predicted octanol–water partition coefficient (Wildman–Crippen LogP) is 4.10. The largest absolute Gasteiger partial charge is 0.387 e. The number of halogens is 2. The van der Waals surface area contributed by atoms with E-state index in [2.05, 4.69) is 29.2 Å². The summed E-state index contributed by atoms with van der Waals surface area (Å²) in [4.78, 5) is 2.27. The van der Waals surface area contributed by atoms with Crippen molar-refractivity contribution in [2.75, 3.05) is 13.1 Å². The summed E-state index contributed by atoms with van der Waals surface area (Å²) in [5.41, 5.74) is 1.76. The number of β-amino-alcohol motifs (C(OH)–C–C–N with tert-alkyl or cyclic N) is 1. The van der Waals surface area contributed by atoms with E-state index in [4.69, 9.17) is 0 Å². The first-order valence-corrected chi connectivity index (χ1v) is 8.54. The fourth-order valence-corrected chi connectivity index (χ4v) is 3.49. The summed E-state index contributed by atoms with van der Waals surface area (Å²) in [7, 11) is 0. The van der Waals surface area contributed by atoms with Gasteiger partial charge in [-0.25, -0.2) is 8.78 Å². The zero-order chi connectivity index (χ0) is 16.9. The van der Waals surface area contributed by atoms with Gasteiger partial charge in [0.05, 0.1) is 6.10 Å². The van der Waals surface area contributed by atoms with Crippen LogP contribution in [0.4, 0.5) is 8.78 Å². The number of aryl methyl sites for hydroxylation is 1. The Bertz CT molecular complexity index is 662. The summed E-state index contributed by atoms with van der Waals surface area (Å²) in [6.45, 7) is 1.41. The molecule has 1 heterocycles. The summed E-state index contributed by atoms with van der Waals surface area (Å²) in [6, 6.07) is 14.4. The fraction of sp³-hybridized carbons (Fsp3) is 0.400. The van der Waals surface area contributed by atoms with Crippen molar-refractivity contribution in [3.63, 3.8) is 0 Å². The predicted molar refractivity (Wildman–Crippen MR) is 90.7 cm³/mol. The number of benzene rings is 2. The second kappa shape index (κ2) is 7.86. The highest BCUT2D eigenvalue weighted by molar-refractivity contribution is 5.20. The number of hydrogen-bond acceptors (Lipinski definition) is 2. The highest BCUT2D eigenvalue weighted by Crippen LogP contribution is 2.25. The van der Waals surface area contributed by atoms with E-state index in [0.717, 1.165) is 44.4 Å². The molecule has 24 heavy (non-hydrogen) atoms. The lowest BCUT2D eigenvalue weighted by Gasteiger charge is -2.27. The normalized spacial score (nSPS) is 19.5. The van der Waals surface area contributed by atoms with Crippen molar-refractivity contribution >= 4 is 0 Å². The summed E-state index contributed by atoms with van der Waals surface area (Å²) >= 11 is 0. The van der Waals surface area contributed by atoms with Crippen LogP contribution in [0.25, 0.3) is 0 Å². The van der Waals surface area contributed by atoms with Crippen LogP contribution < -0.4 is 0 Å².